The lowest BCUT2D eigenvalue weighted by molar-refractivity contribution is 0.413. The van der Waals surface area contributed by atoms with Crippen molar-refractivity contribution in [2.24, 2.45) is 0 Å². The maximum absolute atomic E-state index is 14.6. The Hall–Kier alpha value is -4.92. The van der Waals surface area contributed by atoms with E-state index in [9.17, 15) is 9.65 Å². The van der Waals surface area contributed by atoms with Crippen molar-refractivity contribution in [1.29, 1.82) is 5.26 Å². The molecular formula is C23H19FN10O. The predicted molar refractivity (Wildman–Crippen MR) is 124 cm³/mol. The van der Waals surface area contributed by atoms with Crippen LogP contribution in [0.15, 0.2) is 55.1 Å². The van der Waals surface area contributed by atoms with Crippen molar-refractivity contribution in [2.45, 2.75) is 19.5 Å². The van der Waals surface area contributed by atoms with Gasteiger partial charge in [0.2, 0.25) is 0 Å². The Bertz CT molecular complexity index is 1540. The van der Waals surface area contributed by atoms with Crippen LogP contribution in [-0.2, 0) is 6.54 Å². The van der Waals surface area contributed by atoms with E-state index in [1.807, 2.05) is 6.92 Å². The SMILES string of the molecule is COc1ccnc(-c2cnc3ccc(-c4ccc(F)c(NC(C)Cn5cnnn5)c4)nn23)c1C#N. The molecule has 0 fully saturated rings. The van der Waals surface area contributed by atoms with Crippen molar-refractivity contribution in [3.8, 4) is 34.5 Å². The van der Waals surface area contributed by atoms with Gasteiger partial charge in [-0.15, -0.1) is 5.10 Å². The molecule has 0 radical (unpaired) electrons. The van der Waals surface area contributed by atoms with E-state index in [4.69, 9.17) is 9.84 Å². The first-order chi connectivity index (χ1) is 17.1. The first-order valence-electron chi connectivity index (χ1n) is 10.6. The molecule has 5 rings (SSSR count). The number of aromatic nitrogens is 8. The van der Waals surface area contributed by atoms with E-state index < -0.39 is 0 Å². The zero-order valence-corrected chi connectivity index (χ0v) is 18.8. The number of nitrogens with zero attached hydrogens (tertiary/aromatic N) is 9. The fourth-order valence-corrected chi connectivity index (χ4v) is 3.76. The molecule has 0 amide bonds. The van der Waals surface area contributed by atoms with Crippen LogP contribution in [-0.4, -0.2) is 52.9 Å². The Morgan fingerprint density at radius 1 is 1.20 bits per heavy atom. The van der Waals surface area contributed by atoms with Gasteiger partial charge in [0.1, 0.15) is 40.9 Å². The van der Waals surface area contributed by atoms with Gasteiger partial charge in [-0.05, 0) is 53.7 Å². The molecule has 1 atom stereocenters. The third-order valence-electron chi connectivity index (χ3n) is 5.37. The molecule has 35 heavy (non-hydrogen) atoms. The molecule has 5 aromatic rings. The number of benzene rings is 1. The summed E-state index contributed by atoms with van der Waals surface area (Å²) in [6.07, 6.45) is 4.67. The van der Waals surface area contributed by atoms with Gasteiger partial charge in [-0.3, -0.25) is 4.98 Å². The second-order valence-electron chi connectivity index (χ2n) is 7.75. The second-order valence-corrected chi connectivity index (χ2v) is 7.75. The monoisotopic (exact) mass is 470 g/mol. The number of pyridine rings is 1. The number of rotatable bonds is 7. The standard InChI is InChI=1S/C23H19FN10O/c1-14(12-33-13-28-31-32-33)29-19-9-15(3-4-17(19)24)18-5-6-22-27-11-20(34(22)30-18)23-16(10-25)21(35-2)7-8-26-23/h3-9,11,13-14,29H,12H2,1-2H3. The highest BCUT2D eigenvalue weighted by atomic mass is 19.1. The third-order valence-corrected chi connectivity index (χ3v) is 5.37. The van der Waals surface area contributed by atoms with E-state index in [-0.39, 0.29) is 17.4 Å². The summed E-state index contributed by atoms with van der Waals surface area (Å²) in [7, 11) is 1.49. The van der Waals surface area contributed by atoms with Crippen molar-refractivity contribution in [1.82, 2.24) is 39.8 Å². The van der Waals surface area contributed by atoms with E-state index in [2.05, 4.69) is 36.9 Å². The summed E-state index contributed by atoms with van der Waals surface area (Å²) < 4.78 is 23.0. The van der Waals surface area contributed by atoms with Crippen LogP contribution in [0.1, 0.15) is 12.5 Å². The van der Waals surface area contributed by atoms with E-state index in [0.717, 1.165) is 0 Å². The number of hydrogen-bond acceptors (Lipinski definition) is 9. The van der Waals surface area contributed by atoms with Gasteiger partial charge in [-0.2, -0.15) is 10.4 Å². The largest absolute Gasteiger partial charge is 0.495 e. The van der Waals surface area contributed by atoms with Gasteiger partial charge in [0, 0.05) is 17.8 Å². The number of halogens is 1. The number of ether oxygens (including phenoxy) is 1. The van der Waals surface area contributed by atoms with Crippen LogP contribution < -0.4 is 10.1 Å². The Balaban J connectivity index is 1.51. The highest BCUT2D eigenvalue weighted by Crippen LogP contribution is 2.29. The number of nitriles is 1. The van der Waals surface area contributed by atoms with Crippen LogP contribution >= 0.6 is 0 Å². The average molecular weight is 470 g/mol. The third kappa shape index (κ3) is 4.22. The van der Waals surface area contributed by atoms with E-state index in [0.29, 0.717) is 46.3 Å². The topological polar surface area (TPSA) is 132 Å². The van der Waals surface area contributed by atoms with Gasteiger partial charge in [-0.1, -0.05) is 0 Å². The molecule has 1 N–H and O–H groups in total. The van der Waals surface area contributed by atoms with Gasteiger partial charge in [0.25, 0.3) is 0 Å². The fraction of sp³-hybridized carbons (Fsp3) is 0.174. The number of methoxy groups -OCH3 is 1. The zero-order valence-electron chi connectivity index (χ0n) is 18.8. The quantitative estimate of drug-likeness (QED) is 0.381. The predicted octanol–water partition coefficient (Wildman–Crippen LogP) is 2.96. The number of tetrazole rings is 1. The maximum Gasteiger partial charge on any atom is 0.154 e. The number of hydrogen-bond donors (Lipinski definition) is 1. The molecule has 4 aromatic heterocycles. The van der Waals surface area contributed by atoms with Crippen LogP contribution in [0.4, 0.5) is 10.1 Å². The van der Waals surface area contributed by atoms with Gasteiger partial charge in [-0.25, -0.2) is 18.6 Å². The molecule has 0 aliphatic carbocycles. The molecule has 1 unspecified atom stereocenters. The van der Waals surface area contributed by atoms with Crippen molar-refractivity contribution < 1.29 is 9.13 Å². The molecule has 11 nitrogen and oxygen atoms in total. The Kier molecular flexibility index (Phi) is 5.72. The van der Waals surface area contributed by atoms with Crippen LogP contribution in [0.5, 0.6) is 5.75 Å². The summed E-state index contributed by atoms with van der Waals surface area (Å²) in [6, 6.07) is 12.0. The Morgan fingerprint density at radius 2 is 2.09 bits per heavy atom. The Labute approximate surface area is 198 Å². The highest BCUT2D eigenvalue weighted by molar-refractivity contribution is 5.71. The maximum atomic E-state index is 14.6. The van der Waals surface area contributed by atoms with E-state index >= 15 is 0 Å². The van der Waals surface area contributed by atoms with Gasteiger partial charge in [0.15, 0.2) is 5.65 Å². The molecule has 0 aliphatic rings. The average Bonchev–Trinajstić information content (AvgIpc) is 3.54. The molecule has 12 heteroatoms. The van der Waals surface area contributed by atoms with Gasteiger partial charge >= 0.3 is 0 Å². The first-order valence-corrected chi connectivity index (χ1v) is 10.6. The summed E-state index contributed by atoms with van der Waals surface area (Å²) in [4.78, 5) is 8.75. The minimum atomic E-state index is -0.388. The lowest BCUT2D eigenvalue weighted by atomic mass is 10.1. The van der Waals surface area contributed by atoms with Crippen LogP contribution in [0.2, 0.25) is 0 Å². The first kappa shape index (κ1) is 21.9. The van der Waals surface area contributed by atoms with Crippen LogP contribution in [0.25, 0.3) is 28.3 Å². The number of nitrogens with one attached hydrogen (secondary N) is 1. The summed E-state index contributed by atoms with van der Waals surface area (Å²) in [5.41, 5.74) is 3.42. The van der Waals surface area contributed by atoms with E-state index in [1.165, 1.54) is 19.5 Å². The Morgan fingerprint density at radius 3 is 2.86 bits per heavy atom. The number of fused-ring (bicyclic) bond motifs is 1. The minimum absolute atomic E-state index is 0.137. The van der Waals surface area contributed by atoms with Crippen LogP contribution in [0.3, 0.4) is 0 Å². The second kappa shape index (κ2) is 9.14. The molecule has 174 valence electrons. The lowest BCUT2D eigenvalue weighted by Crippen LogP contribution is -2.23. The molecule has 0 aliphatic heterocycles. The smallest absolute Gasteiger partial charge is 0.154 e. The molecule has 0 saturated carbocycles. The van der Waals surface area contributed by atoms with Crippen LogP contribution in [0, 0.1) is 17.1 Å². The summed E-state index contributed by atoms with van der Waals surface area (Å²) >= 11 is 0. The number of anilines is 1. The number of imidazole rings is 1. The molecule has 1 aromatic carbocycles. The molecule has 4 heterocycles. The normalized spacial score (nSPS) is 11.8. The summed E-state index contributed by atoms with van der Waals surface area (Å²) in [5, 5.41) is 28.6. The van der Waals surface area contributed by atoms with Crippen molar-refractivity contribution in [2.75, 3.05) is 12.4 Å². The lowest BCUT2D eigenvalue weighted by Gasteiger charge is -2.16. The van der Waals surface area contributed by atoms with Gasteiger partial charge in [0.05, 0.1) is 31.2 Å². The summed E-state index contributed by atoms with van der Waals surface area (Å²) in [6.45, 7) is 2.37. The van der Waals surface area contributed by atoms with Crippen molar-refractivity contribution in [3.63, 3.8) is 0 Å². The van der Waals surface area contributed by atoms with Crippen molar-refractivity contribution in [3.05, 3.63) is 66.5 Å². The van der Waals surface area contributed by atoms with E-state index in [1.54, 1.807) is 51.9 Å². The van der Waals surface area contributed by atoms with Gasteiger partial charge < -0.3 is 10.1 Å². The highest BCUT2D eigenvalue weighted by Gasteiger charge is 2.18. The molecule has 0 bridgehead atoms. The summed E-state index contributed by atoms with van der Waals surface area (Å²) in [5.74, 6) is 0.0228. The molecule has 0 spiro atoms. The van der Waals surface area contributed by atoms with Crippen molar-refractivity contribution >= 4 is 11.3 Å². The zero-order chi connectivity index (χ0) is 24.4. The molecular weight excluding hydrogens is 451 g/mol. The molecule has 0 saturated heterocycles. The minimum Gasteiger partial charge on any atom is -0.495 e. The fourth-order valence-electron chi connectivity index (χ4n) is 3.76.